The third-order valence-corrected chi connectivity index (χ3v) is 2.74. The molecule has 2 aromatic rings. The summed E-state index contributed by atoms with van der Waals surface area (Å²) in [6.45, 7) is 1.77. The van der Waals surface area contributed by atoms with Gasteiger partial charge in [-0.15, -0.1) is 0 Å². The Morgan fingerprint density at radius 3 is 2.55 bits per heavy atom. The maximum absolute atomic E-state index is 13.5. The Hall–Kier alpha value is -2.20. The van der Waals surface area contributed by atoms with E-state index in [9.17, 15) is 9.18 Å². The first-order chi connectivity index (χ1) is 9.66. The van der Waals surface area contributed by atoms with E-state index < -0.39 is 5.82 Å². The van der Waals surface area contributed by atoms with E-state index in [1.165, 1.54) is 19.1 Å². The highest BCUT2D eigenvalue weighted by atomic mass is 19.1. The van der Waals surface area contributed by atoms with Crippen LogP contribution in [0.3, 0.4) is 0 Å². The molecule has 0 spiro atoms. The molecule has 0 aliphatic heterocycles. The van der Waals surface area contributed by atoms with Crippen molar-refractivity contribution < 1.29 is 18.7 Å². The van der Waals surface area contributed by atoms with Crippen LogP contribution >= 0.6 is 0 Å². The second kappa shape index (κ2) is 6.82. The Kier molecular flexibility index (Phi) is 4.85. The number of rotatable bonds is 6. The third-order valence-electron chi connectivity index (χ3n) is 2.74. The van der Waals surface area contributed by atoms with Gasteiger partial charge in [0.1, 0.15) is 11.6 Å². The first kappa shape index (κ1) is 14.2. The maximum Gasteiger partial charge on any atom is 0.189 e. The average molecular weight is 274 g/mol. The van der Waals surface area contributed by atoms with Gasteiger partial charge < -0.3 is 9.47 Å². The van der Waals surface area contributed by atoms with E-state index in [1.54, 1.807) is 6.07 Å². The fraction of sp³-hybridized carbons (Fsp3) is 0.188. The summed E-state index contributed by atoms with van der Waals surface area (Å²) in [5, 5.41) is 0. The van der Waals surface area contributed by atoms with Crippen molar-refractivity contribution in [2.75, 3.05) is 6.79 Å². The highest BCUT2D eigenvalue weighted by Crippen LogP contribution is 2.17. The van der Waals surface area contributed by atoms with Crippen LogP contribution in [0.25, 0.3) is 0 Å². The molecule has 0 N–H and O–H groups in total. The van der Waals surface area contributed by atoms with Gasteiger partial charge >= 0.3 is 0 Å². The predicted molar refractivity (Wildman–Crippen MR) is 73.1 cm³/mol. The standard InChI is InChI=1S/C16H15FO3/c1-12(18)15-8-7-14(9-16(15)17)20-11-19-10-13-5-3-2-4-6-13/h2-9H,10-11H2,1H3. The van der Waals surface area contributed by atoms with Crippen molar-refractivity contribution in [2.45, 2.75) is 13.5 Å². The van der Waals surface area contributed by atoms with Gasteiger partial charge in [0.2, 0.25) is 0 Å². The smallest absolute Gasteiger partial charge is 0.189 e. The monoisotopic (exact) mass is 274 g/mol. The van der Waals surface area contributed by atoms with Gasteiger partial charge in [0, 0.05) is 6.07 Å². The molecule has 2 rings (SSSR count). The summed E-state index contributed by atoms with van der Waals surface area (Å²) in [5.41, 5.74) is 1.09. The molecule has 0 aliphatic carbocycles. The van der Waals surface area contributed by atoms with E-state index in [1.807, 2.05) is 30.3 Å². The number of Topliss-reactive ketones (excluding diaryl/α,β-unsaturated/α-hetero) is 1. The lowest BCUT2D eigenvalue weighted by Crippen LogP contribution is -2.04. The molecule has 2 aromatic carbocycles. The summed E-state index contributed by atoms with van der Waals surface area (Å²) >= 11 is 0. The number of benzene rings is 2. The van der Waals surface area contributed by atoms with Gasteiger partial charge in [-0.3, -0.25) is 4.79 Å². The van der Waals surface area contributed by atoms with E-state index in [0.29, 0.717) is 12.4 Å². The Bertz CT molecular complexity index is 582. The Balaban J connectivity index is 1.83. The minimum absolute atomic E-state index is 0.0216. The highest BCUT2D eigenvalue weighted by molar-refractivity contribution is 5.94. The number of hydrogen-bond donors (Lipinski definition) is 0. The number of carbonyl (C=O) groups is 1. The number of ketones is 1. The maximum atomic E-state index is 13.5. The Morgan fingerprint density at radius 1 is 1.15 bits per heavy atom. The molecule has 0 fully saturated rings. The molecule has 3 nitrogen and oxygen atoms in total. The summed E-state index contributed by atoms with van der Waals surface area (Å²) < 4.78 is 24.1. The van der Waals surface area contributed by atoms with Crippen molar-refractivity contribution in [1.82, 2.24) is 0 Å². The van der Waals surface area contributed by atoms with Crippen LogP contribution in [0, 0.1) is 5.82 Å². The third kappa shape index (κ3) is 3.90. The second-order valence-electron chi connectivity index (χ2n) is 4.29. The first-order valence-corrected chi connectivity index (χ1v) is 6.22. The molecular formula is C16H15FO3. The van der Waals surface area contributed by atoms with Gasteiger partial charge in [-0.2, -0.15) is 0 Å². The molecule has 4 heteroatoms. The van der Waals surface area contributed by atoms with Crippen LogP contribution in [0.5, 0.6) is 5.75 Å². The minimum atomic E-state index is -0.585. The van der Waals surface area contributed by atoms with Crippen LogP contribution in [-0.2, 0) is 11.3 Å². The summed E-state index contributed by atoms with van der Waals surface area (Å²) in [6.07, 6.45) is 0. The van der Waals surface area contributed by atoms with E-state index >= 15 is 0 Å². The van der Waals surface area contributed by atoms with Crippen molar-refractivity contribution in [3.05, 3.63) is 65.5 Å². The molecule has 20 heavy (non-hydrogen) atoms. The van der Waals surface area contributed by atoms with Gasteiger partial charge in [-0.05, 0) is 24.6 Å². The lowest BCUT2D eigenvalue weighted by atomic mass is 10.1. The SMILES string of the molecule is CC(=O)c1ccc(OCOCc2ccccc2)cc1F. The fourth-order valence-corrected chi connectivity index (χ4v) is 1.71. The molecule has 0 aliphatic rings. The van der Waals surface area contributed by atoms with Gasteiger partial charge in [0.15, 0.2) is 12.6 Å². The largest absolute Gasteiger partial charge is 0.467 e. The van der Waals surface area contributed by atoms with Crippen LogP contribution in [-0.4, -0.2) is 12.6 Å². The van der Waals surface area contributed by atoms with Gasteiger partial charge in [-0.25, -0.2) is 4.39 Å². The van der Waals surface area contributed by atoms with E-state index in [0.717, 1.165) is 5.56 Å². The molecule has 0 atom stereocenters. The topological polar surface area (TPSA) is 35.5 Å². The van der Waals surface area contributed by atoms with Crippen molar-refractivity contribution in [3.63, 3.8) is 0 Å². The van der Waals surface area contributed by atoms with Crippen LogP contribution in [0.15, 0.2) is 48.5 Å². The van der Waals surface area contributed by atoms with Crippen LogP contribution in [0.1, 0.15) is 22.8 Å². The lowest BCUT2D eigenvalue weighted by Gasteiger charge is -2.08. The number of ether oxygens (including phenoxy) is 2. The minimum Gasteiger partial charge on any atom is -0.467 e. The Morgan fingerprint density at radius 2 is 1.90 bits per heavy atom. The molecule has 104 valence electrons. The van der Waals surface area contributed by atoms with Gasteiger partial charge in [0.05, 0.1) is 12.2 Å². The zero-order valence-electron chi connectivity index (χ0n) is 11.1. The quantitative estimate of drug-likeness (QED) is 0.459. The van der Waals surface area contributed by atoms with Crippen LogP contribution in [0.4, 0.5) is 4.39 Å². The number of halogens is 1. The molecule has 0 saturated heterocycles. The zero-order valence-corrected chi connectivity index (χ0v) is 11.1. The van der Waals surface area contributed by atoms with Crippen LogP contribution < -0.4 is 4.74 Å². The summed E-state index contributed by atoms with van der Waals surface area (Å²) in [4.78, 5) is 11.1. The molecule has 0 unspecified atom stereocenters. The summed E-state index contributed by atoms with van der Waals surface area (Å²) in [6, 6.07) is 13.8. The van der Waals surface area contributed by atoms with Crippen LogP contribution in [0.2, 0.25) is 0 Å². The molecule has 0 bridgehead atoms. The molecule has 0 radical (unpaired) electrons. The van der Waals surface area contributed by atoms with Gasteiger partial charge in [0.25, 0.3) is 0 Å². The van der Waals surface area contributed by atoms with Crippen molar-refractivity contribution in [3.8, 4) is 5.75 Å². The van der Waals surface area contributed by atoms with Gasteiger partial charge in [-0.1, -0.05) is 30.3 Å². The number of carbonyl (C=O) groups excluding carboxylic acids is 1. The molecule has 0 amide bonds. The predicted octanol–water partition coefficient (Wildman–Crippen LogP) is 3.58. The van der Waals surface area contributed by atoms with Crippen molar-refractivity contribution in [1.29, 1.82) is 0 Å². The normalized spacial score (nSPS) is 10.3. The van der Waals surface area contributed by atoms with E-state index in [2.05, 4.69) is 0 Å². The molecule has 0 heterocycles. The van der Waals surface area contributed by atoms with Crippen molar-refractivity contribution in [2.24, 2.45) is 0 Å². The molecule has 0 aromatic heterocycles. The highest BCUT2D eigenvalue weighted by Gasteiger charge is 2.08. The lowest BCUT2D eigenvalue weighted by molar-refractivity contribution is 0.00490. The van der Waals surface area contributed by atoms with E-state index in [-0.39, 0.29) is 18.1 Å². The fourth-order valence-electron chi connectivity index (χ4n) is 1.71. The van der Waals surface area contributed by atoms with E-state index in [4.69, 9.17) is 9.47 Å². The van der Waals surface area contributed by atoms with Crippen molar-refractivity contribution >= 4 is 5.78 Å². The zero-order chi connectivity index (χ0) is 14.4. The average Bonchev–Trinajstić information content (AvgIpc) is 2.44. The first-order valence-electron chi connectivity index (χ1n) is 6.22. The Labute approximate surface area is 117 Å². The summed E-state index contributed by atoms with van der Waals surface area (Å²) in [5.74, 6) is -0.562. The summed E-state index contributed by atoms with van der Waals surface area (Å²) in [7, 11) is 0. The second-order valence-corrected chi connectivity index (χ2v) is 4.29. The molecule has 0 saturated carbocycles. The number of hydrogen-bond acceptors (Lipinski definition) is 3. The molecular weight excluding hydrogens is 259 g/mol.